The summed E-state index contributed by atoms with van der Waals surface area (Å²) in [6, 6.07) is 12.7. The number of thiazole rings is 1. The monoisotopic (exact) mass is 440 g/mol. The summed E-state index contributed by atoms with van der Waals surface area (Å²) in [6.45, 7) is 2.57. The van der Waals surface area contributed by atoms with E-state index in [0.717, 1.165) is 16.3 Å². The fraction of sp³-hybridized carbons (Fsp3) is 0.190. The highest BCUT2D eigenvalue weighted by Crippen LogP contribution is 2.38. The van der Waals surface area contributed by atoms with Crippen LogP contribution in [0.15, 0.2) is 76.1 Å². The molecule has 0 fully saturated rings. The summed E-state index contributed by atoms with van der Waals surface area (Å²) < 4.78 is 7.26. The lowest BCUT2D eigenvalue weighted by atomic mass is 10.2. The number of allylic oxidation sites excluding steroid dienone is 1. The maximum atomic E-state index is 12.8. The normalized spacial score (nSPS) is 15.7. The smallest absolute Gasteiger partial charge is 0.324 e. The summed E-state index contributed by atoms with van der Waals surface area (Å²) in [5.74, 6) is 0.493. The molecule has 1 atom stereocenters. The minimum absolute atomic E-state index is 0.237. The van der Waals surface area contributed by atoms with Crippen molar-refractivity contribution in [3.8, 4) is 5.75 Å². The fourth-order valence-corrected chi connectivity index (χ4v) is 4.64. The van der Waals surface area contributed by atoms with Gasteiger partial charge in [-0.1, -0.05) is 42.1 Å². The van der Waals surface area contributed by atoms with Gasteiger partial charge in [-0.15, -0.1) is 11.3 Å². The Kier molecular flexibility index (Phi) is 6.20. The number of ether oxygens (including phenoxy) is 1. The van der Waals surface area contributed by atoms with E-state index in [1.807, 2.05) is 48.0 Å². The molecular formula is C21H20N4O3S2. The number of carbonyl (C=O) groups excluding carboxylic acids is 1. The van der Waals surface area contributed by atoms with Gasteiger partial charge in [0, 0.05) is 29.5 Å². The molecule has 0 bridgehead atoms. The average Bonchev–Trinajstić information content (AvgIpc) is 3.41. The van der Waals surface area contributed by atoms with Gasteiger partial charge in [-0.05, 0) is 24.0 Å². The zero-order chi connectivity index (χ0) is 20.9. The van der Waals surface area contributed by atoms with Crippen molar-refractivity contribution in [2.75, 3.05) is 0 Å². The van der Waals surface area contributed by atoms with E-state index in [-0.39, 0.29) is 11.6 Å². The fourth-order valence-electron chi connectivity index (χ4n) is 2.96. The van der Waals surface area contributed by atoms with Crippen LogP contribution in [0.2, 0.25) is 0 Å². The van der Waals surface area contributed by atoms with Gasteiger partial charge in [0.15, 0.2) is 5.50 Å². The molecule has 0 radical (unpaired) electrons. The molecule has 2 aromatic heterocycles. The Hall–Kier alpha value is -3.04. The first-order valence-corrected chi connectivity index (χ1v) is 11.1. The third kappa shape index (κ3) is 4.58. The summed E-state index contributed by atoms with van der Waals surface area (Å²) in [5, 5.41) is 7.43. The van der Waals surface area contributed by atoms with Gasteiger partial charge in [0.2, 0.25) is 0 Å². The Morgan fingerprint density at radius 2 is 2.10 bits per heavy atom. The lowest BCUT2D eigenvalue weighted by Crippen LogP contribution is -2.42. The molecule has 1 N–H and O–H groups in total. The van der Waals surface area contributed by atoms with Crippen molar-refractivity contribution < 1.29 is 9.53 Å². The van der Waals surface area contributed by atoms with Crippen LogP contribution in [-0.2, 0) is 13.2 Å². The van der Waals surface area contributed by atoms with E-state index in [2.05, 4.69) is 10.3 Å². The van der Waals surface area contributed by atoms with Crippen LogP contribution < -0.4 is 15.6 Å². The largest absolute Gasteiger partial charge is 0.489 e. The predicted molar refractivity (Wildman–Crippen MR) is 118 cm³/mol. The zero-order valence-corrected chi connectivity index (χ0v) is 17.9. The molecule has 1 aliphatic heterocycles. The van der Waals surface area contributed by atoms with Crippen LogP contribution in [0.4, 0.5) is 4.79 Å². The van der Waals surface area contributed by atoms with E-state index >= 15 is 0 Å². The number of aromatic nitrogens is 2. The van der Waals surface area contributed by atoms with Crippen LogP contribution in [0.5, 0.6) is 5.75 Å². The molecule has 0 aliphatic carbocycles. The highest BCUT2D eigenvalue weighted by atomic mass is 32.2. The number of nitrogens with one attached hydrogen (secondary N) is 1. The molecule has 154 valence electrons. The van der Waals surface area contributed by atoms with E-state index in [0.29, 0.717) is 18.9 Å². The molecular weight excluding hydrogens is 420 g/mol. The number of nitrogens with zero attached hydrogens (tertiary/aromatic N) is 3. The van der Waals surface area contributed by atoms with Gasteiger partial charge in [-0.25, -0.2) is 9.78 Å². The SMILES string of the molecule is CC1=CSC(n2ccc(OCc3ccccc3)cc2=O)N1C(=O)NCc1nccs1. The highest BCUT2D eigenvalue weighted by Gasteiger charge is 2.32. The molecule has 1 aliphatic rings. The zero-order valence-electron chi connectivity index (χ0n) is 16.2. The lowest BCUT2D eigenvalue weighted by molar-refractivity contribution is 0.198. The summed E-state index contributed by atoms with van der Waals surface area (Å²) in [7, 11) is 0. The van der Waals surface area contributed by atoms with Crippen molar-refractivity contribution in [2.24, 2.45) is 0 Å². The van der Waals surface area contributed by atoms with E-state index in [4.69, 9.17) is 4.74 Å². The molecule has 0 saturated carbocycles. The molecule has 7 nitrogen and oxygen atoms in total. The summed E-state index contributed by atoms with van der Waals surface area (Å²) in [4.78, 5) is 31.3. The van der Waals surface area contributed by atoms with Crippen molar-refractivity contribution in [1.82, 2.24) is 19.8 Å². The number of hydrogen-bond acceptors (Lipinski definition) is 6. The predicted octanol–water partition coefficient (Wildman–Crippen LogP) is 4.16. The molecule has 4 rings (SSSR count). The van der Waals surface area contributed by atoms with Crippen LogP contribution in [0, 0.1) is 0 Å². The molecule has 3 heterocycles. The number of benzene rings is 1. The van der Waals surface area contributed by atoms with E-state index in [9.17, 15) is 9.59 Å². The van der Waals surface area contributed by atoms with E-state index < -0.39 is 5.50 Å². The topological polar surface area (TPSA) is 76.5 Å². The van der Waals surface area contributed by atoms with Crippen molar-refractivity contribution in [3.63, 3.8) is 0 Å². The molecule has 0 spiro atoms. The van der Waals surface area contributed by atoms with Gasteiger partial charge < -0.3 is 10.1 Å². The molecule has 2 amide bonds. The highest BCUT2D eigenvalue weighted by molar-refractivity contribution is 8.02. The van der Waals surface area contributed by atoms with Gasteiger partial charge in [0.1, 0.15) is 17.4 Å². The number of amides is 2. The molecule has 0 saturated heterocycles. The second-order valence-corrected chi connectivity index (χ2v) is 8.47. The first-order chi connectivity index (χ1) is 14.6. The molecule has 1 unspecified atom stereocenters. The van der Waals surface area contributed by atoms with Crippen LogP contribution in [0.1, 0.15) is 23.0 Å². The number of carbonyl (C=O) groups is 1. The Balaban J connectivity index is 1.45. The minimum atomic E-state index is -0.489. The third-order valence-electron chi connectivity index (χ3n) is 4.46. The number of urea groups is 1. The molecule has 3 aromatic rings. The van der Waals surface area contributed by atoms with Crippen molar-refractivity contribution in [1.29, 1.82) is 0 Å². The number of thioether (sulfide) groups is 1. The van der Waals surface area contributed by atoms with Crippen molar-refractivity contribution >= 4 is 29.1 Å². The number of hydrogen-bond donors (Lipinski definition) is 1. The molecule has 9 heteroatoms. The maximum absolute atomic E-state index is 12.8. The third-order valence-corrected chi connectivity index (χ3v) is 6.40. The van der Waals surface area contributed by atoms with Crippen LogP contribution in [0.3, 0.4) is 0 Å². The second-order valence-electron chi connectivity index (χ2n) is 6.56. The maximum Gasteiger partial charge on any atom is 0.324 e. The Bertz CT molecular complexity index is 1100. The van der Waals surface area contributed by atoms with Gasteiger partial charge in [0.05, 0.1) is 6.54 Å². The van der Waals surface area contributed by atoms with E-state index in [1.54, 1.807) is 23.4 Å². The van der Waals surface area contributed by atoms with Gasteiger partial charge >= 0.3 is 6.03 Å². The van der Waals surface area contributed by atoms with Gasteiger partial charge in [-0.3, -0.25) is 14.3 Å². The number of pyridine rings is 1. The summed E-state index contributed by atoms with van der Waals surface area (Å²) in [6.07, 6.45) is 3.36. The lowest BCUT2D eigenvalue weighted by Gasteiger charge is -2.27. The summed E-state index contributed by atoms with van der Waals surface area (Å²) >= 11 is 2.88. The quantitative estimate of drug-likeness (QED) is 0.623. The van der Waals surface area contributed by atoms with Crippen LogP contribution in [-0.4, -0.2) is 20.5 Å². The van der Waals surface area contributed by atoms with Crippen molar-refractivity contribution in [2.45, 2.75) is 25.6 Å². The first-order valence-electron chi connectivity index (χ1n) is 9.28. The summed E-state index contributed by atoms with van der Waals surface area (Å²) in [5.41, 5.74) is 1.07. The molecule has 1 aromatic carbocycles. The van der Waals surface area contributed by atoms with Gasteiger partial charge in [-0.2, -0.15) is 0 Å². The molecule has 30 heavy (non-hydrogen) atoms. The second kappa shape index (κ2) is 9.19. The van der Waals surface area contributed by atoms with Gasteiger partial charge in [0.25, 0.3) is 5.56 Å². The van der Waals surface area contributed by atoms with Crippen LogP contribution in [0.25, 0.3) is 0 Å². The van der Waals surface area contributed by atoms with Crippen molar-refractivity contribution in [3.05, 3.63) is 92.3 Å². The average molecular weight is 441 g/mol. The standard InChI is InChI=1S/C21H20N4O3S2/c1-15-14-30-21(25(15)20(27)23-12-18-22-8-10-29-18)24-9-7-17(11-19(24)26)28-13-16-5-3-2-4-6-16/h2-11,14,21H,12-13H2,1H3,(H,23,27). The Labute approximate surface area is 182 Å². The number of rotatable bonds is 6. The van der Waals surface area contributed by atoms with E-state index in [1.165, 1.54) is 33.7 Å². The Morgan fingerprint density at radius 1 is 1.27 bits per heavy atom. The minimum Gasteiger partial charge on any atom is -0.489 e. The first kappa shape index (κ1) is 20.2. The Morgan fingerprint density at radius 3 is 2.83 bits per heavy atom. The van der Waals surface area contributed by atoms with Crippen LogP contribution >= 0.6 is 23.1 Å².